The van der Waals surface area contributed by atoms with E-state index in [4.69, 9.17) is 9.47 Å². The van der Waals surface area contributed by atoms with Gasteiger partial charge in [0.15, 0.2) is 9.84 Å². The van der Waals surface area contributed by atoms with Crippen molar-refractivity contribution in [3.63, 3.8) is 0 Å². The first-order valence-corrected chi connectivity index (χ1v) is 23.1. The van der Waals surface area contributed by atoms with Crippen LogP contribution in [0.1, 0.15) is 123 Å². The van der Waals surface area contributed by atoms with Gasteiger partial charge >= 0.3 is 0 Å². The van der Waals surface area contributed by atoms with E-state index in [-0.39, 0.29) is 11.0 Å². The van der Waals surface area contributed by atoms with Crippen LogP contribution in [-0.2, 0) is 25.1 Å². The summed E-state index contributed by atoms with van der Waals surface area (Å²) in [6.07, 6.45) is 17.6. The zero-order valence-corrected chi connectivity index (χ0v) is 34.3. The first-order valence-electron chi connectivity index (χ1n) is 21.2. The summed E-state index contributed by atoms with van der Waals surface area (Å²) in [5.74, 6) is 3.94. The minimum absolute atomic E-state index is 0.115. The molecule has 0 amide bonds. The molecule has 0 spiro atoms. The van der Waals surface area contributed by atoms with Crippen molar-refractivity contribution < 1.29 is 17.9 Å². The molecular formula is C45H68N2O4S. The number of benzene rings is 1. The van der Waals surface area contributed by atoms with Crippen LogP contribution in [0.4, 0.5) is 0 Å². The second-order valence-corrected chi connectivity index (χ2v) is 23.2. The SMILES string of the molecule is COC1(c2ccc(C3=CC[C@]4(C)[C@H]5CC[C@@H]6[C@H]7[C@H](C8(C)CC8)CC[C@]7(NCCN7CCS(=O)(=O)CC7)CC[C@@]6(C)[C@]5(C)CC[C@H]4C3(C)C)cc2)CO1. The van der Waals surface area contributed by atoms with Crippen LogP contribution in [0.3, 0.4) is 0 Å². The molecule has 6 aliphatic carbocycles. The van der Waals surface area contributed by atoms with Crippen LogP contribution >= 0.6 is 0 Å². The average molecular weight is 733 g/mol. The molecule has 9 rings (SSSR count). The monoisotopic (exact) mass is 732 g/mol. The van der Waals surface area contributed by atoms with E-state index in [0.717, 1.165) is 42.3 Å². The molecule has 1 N–H and O–H groups in total. The van der Waals surface area contributed by atoms with Crippen LogP contribution in [0.15, 0.2) is 30.3 Å². The highest BCUT2D eigenvalue weighted by Gasteiger charge is 2.72. The lowest BCUT2D eigenvalue weighted by atomic mass is 9.32. The van der Waals surface area contributed by atoms with Gasteiger partial charge in [0, 0.05) is 44.4 Å². The smallest absolute Gasteiger partial charge is 0.219 e. The number of hydrogen-bond donors (Lipinski definition) is 1. The second-order valence-electron chi connectivity index (χ2n) is 20.9. The van der Waals surface area contributed by atoms with Crippen molar-refractivity contribution in [2.24, 2.45) is 56.7 Å². The Morgan fingerprint density at radius 1 is 0.827 bits per heavy atom. The van der Waals surface area contributed by atoms with Gasteiger partial charge in [-0.25, -0.2) is 8.42 Å². The van der Waals surface area contributed by atoms with E-state index >= 15 is 0 Å². The average Bonchev–Trinajstić information content (AvgIpc) is 4.03. The third kappa shape index (κ3) is 5.23. The topological polar surface area (TPSA) is 71.2 Å². The fourth-order valence-corrected chi connectivity index (χ4v) is 16.4. The quantitative estimate of drug-likeness (QED) is 0.271. The highest BCUT2D eigenvalue weighted by atomic mass is 32.2. The van der Waals surface area contributed by atoms with Crippen LogP contribution in [-0.4, -0.2) is 70.3 Å². The van der Waals surface area contributed by atoms with Crippen LogP contribution in [0, 0.1) is 56.7 Å². The van der Waals surface area contributed by atoms with Gasteiger partial charge in [0.2, 0.25) is 5.79 Å². The predicted octanol–water partition coefficient (Wildman–Crippen LogP) is 8.46. The summed E-state index contributed by atoms with van der Waals surface area (Å²) < 4.78 is 35.6. The van der Waals surface area contributed by atoms with Gasteiger partial charge in [-0.2, -0.15) is 0 Å². The van der Waals surface area contributed by atoms with Crippen LogP contribution in [0.25, 0.3) is 5.57 Å². The van der Waals surface area contributed by atoms with Gasteiger partial charge in [-0.15, -0.1) is 0 Å². The summed E-state index contributed by atoms with van der Waals surface area (Å²) >= 11 is 0. The van der Waals surface area contributed by atoms with Crippen molar-refractivity contribution in [2.75, 3.05) is 51.4 Å². The number of fused-ring (bicyclic) bond motifs is 7. The van der Waals surface area contributed by atoms with E-state index in [9.17, 15) is 8.42 Å². The van der Waals surface area contributed by atoms with Crippen LogP contribution in [0.5, 0.6) is 0 Å². The Labute approximate surface area is 315 Å². The Kier molecular flexibility index (Phi) is 8.32. The predicted molar refractivity (Wildman–Crippen MR) is 209 cm³/mol. The van der Waals surface area contributed by atoms with Gasteiger partial charge in [0.1, 0.15) is 6.61 Å². The number of methoxy groups -OCH3 is 1. The van der Waals surface area contributed by atoms with E-state index in [1.807, 2.05) is 0 Å². The molecule has 288 valence electrons. The Balaban J connectivity index is 0.977. The fraction of sp³-hybridized carbons (Fsp3) is 0.822. The van der Waals surface area contributed by atoms with Crippen molar-refractivity contribution in [1.82, 2.24) is 10.2 Å². The molecule has 6 nitrogen and oxygen atoms in total. The molecular weight excluding hydrogens is 665 g/mol. The molecule has 1 aromatic rings. The van der Waals surface area contributed by atoms with Crippen molar-refractivity contribution in [3.8, 4) is 0 Å². The fourth-order valence-electron chi connectivity index (χ4n) is 15.2. The molecule has 2 heterocycles. The third-order valence-corrected chi connectivity index (χ3v) is 20.3. The summed E-state index contributed by atoms with van der Waals surface area (Å²) in [7, 11) is -1.10. The maximum atomic E-state index is 12.1. The summed E-state index contributed by atoms with van der Waals surface area (Å²) in [6.45, 7) is 20.1. The molecule has 7 fully saturated rings. The molecule has 7 heteroatoms. The normalized spacial score (nSPS) is 47.0. The maximum Gasteiger partial charge on any atom is 0.219 e. The second kappa shape index (κ2) is 11.9. The van der Waals surface area contributed by atoms with E-state index in [1.54, 1.807) is 12.7 Å². The van der Waals surface area contributed by atoms with E-state index in [0.29, 0.717) is 58.8 Å². The first kappa shape index (κ1) is 36.4. The minimum atomic E-state index is -2.84. The summed E-state index contributed by atoms with van der Waals surface area (Å²) in [5.41, 5.74) is 5.97. The molecule has 2 aliphatic heterocycles. The minimum Gasteiger partial charge on any atom is -0.347 e. The Morgan fingerprint density at radius 2 is 1.54 bits per heavy atom. The lowest BCUT2D eigenvalue weighted by Crippen LogP contribution is -2.68. The number of sulfone groups is 1. The van der Waals surface area contributed by atoms with E-state index in [1.165, 1.54) is 76.2 Å². The maximum absolute atomic E-state index is 12.1. The van der Waals surface area contributed by atoms with E-state index in [2.05, 4.69) is 82.1 Å². The molecule has 1 unspecified atom stereocenters. The van der Waals surface area contributed by atoms with Crippen LogP contribution < -0.4 is 5.32 Å². The highest BCUT2D eigenvalue weighted by Crippen LogP contribution is 2.78. The number of rotatable bonds is 8. The van der Waals surface area contributed by atoms with Crippen LogP contribution in [0.2, 0.25) is 0 Å². The molecule has 10 atom stereocenters. The van der Waals surface area contributed by atoms with Gasteiger partial charge in [-0.1, -0.05) is 71.9 Å². The zero-order chi connectivity index (χ0) is 36.6. The summed E-state index contributed by atoms with van der Waals surface area (Å²) in [4.78, 5) is 2.40. The number of ether oxygens (including phenoxy) is 2. The Hall–Kier alpha value is -1.25. The molecule has 52 heavy (non-hydrogen) atoms. The number of hydrogen-bond acceptors (Lipinski definition) is 6. The molecule has 0 aromatic heterocycles. The van der Waals surface area contributed by atoms with Gasteiger partial charge in [-0.3, -0.25) is 0 Å². The Morgan fingerprint density at radius 3 is 2.19 bits per heavy atom. The zero-order valence-electron chi connectivity index (χ0n) is 33.5. The van der Waals surface area contributed by atoms with Crippen molar-refractivity contribution in [3.05, 3.63) is 41.5 Å². The van der Waals surface area contributed by atoms with Gasteiger partial charge in [0.25, 0.3) is 0 Å². The largest absolute Gasteiger partial charge is 0.347 e. The van der Waals surface area contributed by atoms with Crippen molar-refractivity contribution >= 4 is 15.4 Å². The third-order valence-electron chi connectivity index (χ3n) is 18.7. The highest BCUT2D eigenvalue weighted by molar-refractivity contribution is 7.91. The lowest BCUT2D eigenvalue weighted by molar-refractivity contribution is -0.222. The van der Waals surface area contributed by atoms with Gasteiger partial charge in [-0.05, 0) is 138 Å². The molecule has 2 saturated heterocycles. The lowest BCUT2D eigenvalue weighted by Gasteiger charge is -2.72. The number of nitrogens with zero attached hydrogens (tertiary/aromatic N) is 1. The van der Waals surface area contributed by atoms with Gasteiger partial charge < -0.3 is 19.7 Å². The summed E-state index contributed by atoms with van der Waals surface area (Å²) in [5, 5.41) is 4.32. The Bertz CT molecular complexity index is 1700. The standard InChI is InChI=1S/C45H68N2O4S/c1-39(2)33(31-8-10-32(11-9-31)45(50-7)30-51-45)14-17-41(4)36(39)16-18-43(6)37(41)13-12-35-38-34(40(3)20-21-40)15-19-44(38,23-22-42(35,43)5)46-24-25-47-26-28-52(48,49)29-27-47/h8-11,14,34-38,46H,12-13,15-30H2,1-7H3/t34-,35-,36+,37-,38-,41+,42-,43-,44+,45?/m1/s1. The first-order chi connectivity index (χ1) is 24.6. The summed E-state index contributed by atoms with van der Waals surface area (Å²) in [6, 6.07) is 9.11. The van der Waals surface area contributed by atoms with Crippen molar-refractivity contribution in [1.29, 1.82) is 0 Å². The van der Waals surface area contributed by atoms with E-state index < -0.39 is 15.6 Å². The van der Waals surface area contributed by atoms with Crippen molar-refractivity contribution in [2.45, 2.75) is 123 Å². The number of epoxide rings is 1. The molecule has 1 aromatic carbocycles. The van der Waals surface area contributed by atoms with Gasteiger partial charge in [0.05, 0.1) is 11.5 Å². The molecule has 0 radical (unpaired) electrons. The number of allylic oxidation sites excluding steroid dienone is 2. The molecule has 8 aliphatic rings. The molecule has 5 saturated carbocycles. The number of nitrogens with one attached hydrogen (secondary N) is 1. The molecule has 0 bridgehead atoms.